The fourth-order valence-corrected chi connectivity index (χ4v) is 1.97. The first kappa shape index (κ1) is 11.5. The monoisotopic (exact) mass is 297 g/mol. The Balaban J connectivity index is 2.55. The number of pyridine rings is 1. The molecule has 0 atom stereocenters. The van der Waals surface area contributed by atoms with Gasteiger partial charge in [-0.2, -0.15) is 0 Å². The molecule has 0 N–H and O–H groups in total. The maximum absolute atomic E-state index is 6.03. The average Bonchev–Trinajstić information content (AvgIpc) is 2.33. The molecule has 0 bridgehead atoms. The predicted octanol–water partition coefficient (Wildman–Crippen LogP) is 3.52. The summed E-state index contributed by atoms with van der Waals surface area (Å²) in [4.78, 5) is 12.7. The van der Waals surface area contributed by atoms with Crippen molar-refractivity contribution in [2.45, 2.75) is 13.3 Å². The van der Waals surface area contributed by atoms with E-state index in [4.69, 9.17) is 11.6 Å². The standard InChI is InChI=1S/C11H9BrClN3/c1-2-8-9(12)10(13)16-11(15-8)7-4-3-5-14-6-7/h3-6H,2H2,1H3. The van der Waals surface area contributed by atoms with Gasteiger partial charge in [-0.25, -0.2) is 9.97 Å². The minimum absolute atomic E-state index is 0.436. The molecule has 0 aliphatic rings. The van der Waals surface area contributed by atoms with Crippen LogP contribution in [0, 0.1) is 0 Å². The Morgan fingerprint density at radius 1 is 1.38 bits per heavy atom. The number of hydrogen-bond donors (Lipinski definition) is 0. The molecule has 0 saturated carbocycles. The minimum Gasteiger partial charge on any atom is -0.264 e. The van der Waals surface area contributed by atoms with Crippen LogP contribution >= 0.6 is 27.5 Å². The van der Waals surface area contributed by atoms with Crippen LogP contribution in [0.25, 0.3) is 11.4 Å². The molecule has 3 nitrogen and oxygen atoms in total. The van der Waals surface area contributed by atoms with Gasteiger partial charge >= 0.3 is 0 Å². The number of halogens is 2. The van der Waals surface area contributed by atoms with Gasteiger partial charge in [-0.15, -0.1) is 0 Å². The normalized spacial score (nSPS) is 10.4. The number of hydrogen-bond acceptors (Lipinski definition) is 3. The quantitative estimate of drug-likeness (QED) is 0.796. The van der Waals surface area contributed by atoms with Crippen LogP contribution in [-0.4, -0.2) is 15.0 Å². The van der Waals surface area contributed by atoms with Gasteiger partial charge in [0.1, 0.15) is 5.15 Å². The zero-order chi connectivity index (χ0) is 11.5. The number of aryl methyl sites for hydroxylation is 1. The Bertz CT molecular complexity index is 502. The van der Waals surface area contributed by atoms with Crippen LogP contribution in [0.4, 0.5) is 0 Å². The van der Waals surface area contributed by atoms with Crippen molar-refractivity contribution in [1.29, 1.82) is 0 Å². The van der Waals surface area contributed by atoms with E-state index in [1.807, 2.05) is 19.1 Å². The highest BCUT2D eigenvalue weighted by Gasteiger charge is 2.10. The van der Waals surface area contributed by atoms with E-state index < -0.39 is 0 Å². The maximum atomic E-state index is 6.03. The summed E-state index contributed by atoms with van der Waals surface area (Å²) < 4.78 is 0.768. The van der Waals surface area contributed by atoms with Crippen molar-refractivity contribution in [1.82, 2.24) is 15.0 Å². The molecular formula is C11H9BrClN3. The molecule has 0 fully saturated rings. The molecule has 16 heavy (non-hydrogen) atoms. The highest BCUT2D eigenvalue weighted by Crippen LogP contribution is 2.26. The summed E-state index contributed by atoms with van der Waals surface area (Å²) in [5, 5.41) is 0.436. The van der Waals surface area contributed by atoms with E-state index >= 15 is 0 Å². The summed E-state index contributed by atoms with van der Waals surface area (Å²) in [6, 6.07) is 3.76. The molecule has 0 aliphatic heterocycles. The van der Waals surface area contributed by atoms with Gasteiger partial charge in [-0.05, 0) is 34.5 Å². The summed E-state index contributed by atoms with van der Waals surface area (Å²) in [5.74, 6) is 0.609. The van der Waals surface area contributed by atoms with Gasteiger partial charge in [0.25, 0.3) is 0 Å². The molecule has 2 aromatic rings. The van der Waals surface area contributed by atoms with Crippen molar-refractivity contribution in [3.63, 3.8) is 0 Å². The van der Waals surface area contributed by atoms with Crippen LogP contribution < -0.4 is 0 Å². The van der Waals surface area contributed by atoms with Gasteiger partial charge in [0.2, 0.25) is 0 Å². The summed E-state index contributed by atoms with van der Waals surface area (Å²) in [5.41, 5.74) is 1.77. The van der Waals surface area contributed by atoms with Gasteiger partial charge in [-0.3, -0.25) is 4.98 Å². The second-order valence-electron chi connectivity index (χ2n) is 3.19. The van der Waals surface area contributed by atoms with E-state index in [9.17, 15) is 0 Å². The Hall–Kier alpha value is -1.00. The lowest BCUT2D eigenvalue weighted by Gasteiger charge is -2.06. The minimum atomic E-state index is 0.436. The molecule has 2 rings (SSSR count). The largest absolute Gasteiger partial charge is 0.264 e. The first-order chi connectivity index (χ1) is 7.72. The summed E-state index contributed by atoms with van der Waals surface area (Å²) in [6.07, 6.45) is 4.24. The predicted molar refractivity (Wildman–Crippen MR) is 67.4 cm³/mol. The van der Waals surface area contributed by atoms with E-state index in [0.717, 1.165) is 22.2 Å². The zero-order valence-corrected chi connectivity index (χ0v) is 11.0. The molecule has 5 heteroatoms. The summed E-state index contributed by atoms with van der Waals surface area (Å²) in [6.45, 7) is 2.02. The average molecular weight is 299 g/mol. The first-order valence-electron chi connectivity index (χ1n) is 4.84. The van der Waals surface area contributed by atoms with Crippen LogP contribution in [-0.2, 0) is 6.42 Å². The van der Waals surface area contributed by atoms with Gasteiger partial charge in [-0.1, -0.05) is 18.5 Å². The van der Waals surface area contributed by atoms with Crippen LogP contribution in [0.1, 0.15) is 12.6 Å². The highest BCUT2D eigenvalue weighted by atomic mass is 79.9. The van der Waals surface area contributed by atoms with E-state index in [0.29, 0.717) is 11.0 Å². The third kappa shape index (κ3) is 2.23. The molecule has 0 spiro atoms. The molecule has 0 radical (unpaired) electrons. The molecule has 0 aliphatic carbocycles. The topological polar surface area (TPSA) is 38.7 Å². The van der Waals surface area contributed by atoms with E-state index in [1.165, 1.54) is 0 Å². The van der Waals surface area contributed by atoms with Crippen LogP contribution in [0.3, 0.4) is 0 Å². The third-order valence-corrected chi connectivity index (χ3v) is 3.47. The second-order valence-corrected chi connectivity index (χ2v) is 4.34. The van der Waals surface area contributed by atoms with E-state index in [2.05, 4.69) is 30.9 Å². The van der Waals surface area contributed by atoms with Gasteiger partial charge < -0.3 is 0 Å². The van der Waals surface area contributed by atoms with Gasteiger partial charge in [0.05, 0.1) is 10.2 Å². The SMILES string of the molecule is CCc1nc(-c2cccnc2)nc(Cl)c1Br. The maximum Gasteiger partial charge on any atom is 0.162 e. The number of nitrogens with zero attached hydrogens (tertiary/aromatic N) is 3. The van der Waals surface area contributed by atoms with E-state index in [-0.39, 0.29) is 0 Å². The van der Waals surface area contributed by atoms with Crippen LogP contribution in [0.2, 0.25) is 5.15 Å². The molecule has 0 saturated heterocycles. The summed E-state index contributed by atoms with van der Waals surface area (Å²) >= 11 is 9.40. The van der Waals surface area contributed by atoms with Crippen molar-refractivity contribution in [2.75, 3.05) is 0 Å². The Morgan fingerprint density at radius 2 is 2.19 bits per heavy atom. The lowest BCUT2D eigenvalue weighted by atomic mass is 10.2. The lowest BCUT2D eigenvalue weighted by molar-refractivity contribution is 0.989. The van der Waals surface area contributed by atoms with Crippen molar-refractivity contribution in [2.24, 2.45) is 0 Å². The third-order valence-electron chi connectivity index (χ3n) is 2.13. The highest BCUT2D eigenvalue weighted by molar-refractivity contribution is 9.10. The lowest BCUT2D eigenvalue weighted by Crippen LogP contribution is -1.97. The molecule has 0 aromatic carbocycles. The van der Waals surface area contributed by atoms with Crippen LogP contribution in [0.15, 0.2) is 29.0 Å². The van der Waals surface area contributed by atoms with Crippen molar-refractivity contribution in [3.05, 3.63) is 39.8 Å². The van der Waals surface area contributed by atoms with E-state index in [1.54, 1.807) is 12.4 Å². The van der Waals surface area contributed by atoms with Crippen molar-refractivity contribution >= 4 is 27.5 Å². The first-order valence-corrected chi connectivity index (χ1v) is 6.01. The van der Waals surface area contributed by atoms with Gasteiger partial charge in [0, 0.05) is 18.0 Å². The zero-order valence-electron chi connectivity index (χ0n) is 8.61. The van der Waals surface area contributed by atoms with Gasteiger partial charge in [0.15, 0.2) is 5.82 Å². The fourth-order valence-electron chi connectivity index (χ4n) is 1.32. The van der Waals surface area contributed by atoms with Crippen LogP contribution in [0.5, 0.6) is 0 Å². The Kier molecular flexibility index (Phi) is 3.51. The van der Waals surface area contributed by atoms with Crippen molar-refractivity contribution < 1.29 is 0 Å². The summed E-state index contributed by atoms with van der Waals surface area (Å²) in [7, 11) is 0. The Morgan fingerprint density at radius 3 is 2.81 bits per heavy atom. The smallest absolute Gasteiger partial charge is 0.162 e. The molecule has 82 valence electrons. The fraction of sp³-hybridized carbons (Fsp3) is 0.182. The molecule has 0 amide bonds. The second kappa shape index (κ2) is 4.89. The molecule has 2 heterocycles. The molecule has 0 unspecified atom stereocenters. The number of rotatable bonds is 2. The Labute approximate surface area is 107 Å². The molecule has 2 aromatic heterocycles. The molecular weight excluding hydrogens is 289 g/mol. The van der Waals surface area contributed by atoms with Crippen molar-refractivity contribution in [3.8, 4) is 11.4 Å². The number of aromatic nitrogens is 3.